The number of hydrogen-bond donors (Lipinski definition) is 0. The second kappa shape index (κ2) is 8.80. The fourth-order valence-electron chi connectivity index (χ4n) is 8.52. The molecule has 0 N–H and O–H groups in total. The van der Waals surface area contributed by atoms with Gasteiger partial charge in [-0.15, -0.1) is 0 Å². The van der Waals surface area contributed by atoms with Gasteiger partial charge in [0.2, 0.25) is 0 Å². The van der Waals surface area contributed by atoms with Crippen molar-refractivity contribution >= 4 is 83.8 Å². The molecule has 4 heteroatoms. The summed E-state index contributed by atoms with van der Waals surface area (Å²) in [5, 5.41) is 5.20. The number of hydrogen-bond acceptors (Lipinski definition) is 1. The molecule has 0 bridgehead atoms. The molecule has 0 atom stereocenters. The average Bonchev–Trinajstić information content (AvgIpc) is 3.64. The van der Waals surface area contributed by atoms with Gasteiger partial charge in [-0.05, 0) is 77.1 Å². The highest BCUT2D eigenvalue weighted by Gasteiger charge is 2.40. The Morgan fingerprint density at radius 3 is 1.85 bits per heavy atom. The van der Waals surface area contributed by atoms with Gasteiger partial charge in [0.1, 0.15) is 0 Å². The summed E-state index contributed by atoms with van der Waals surface area (Å²) < 4.78 is 5.06. The molecule has 0 saturated heterocycles. The number of benzene rings is 7. The molecule has 0 radical (unpaired) electrons. The third-order valence-corrected chi connectivity index (χ3v) is 10.3. The van der Waals surface area contributed by atoms with Crippen LogP contribution in [0.15, 0.2) is 158 Å². The molecule has 2 aromatic heterocycles. The van der Waals surface area contributed by atoms with Crippen molar-refractivity contribution in [2.45, 2.75) is 0 Å². The van der Waals surface area contributed by atoms with Gasteiger partial charge < -0.3 is 14.0 Å². The van der Waals surface area contributed by atoms with E-state index in [1.165, 1.54) is 71.4 Å². The smallest absolute Gasteiger partial charge is 0.252 e. The van der Waals surface area contributed by atoms with E-state index in [2.05, 4.69) is 172 Å². The first-order chi connectivity index (χ1) is 22.9. The lowest BCUT2D eigenvalue weighted by Crippen LogP contribution is -2.59. The molecule has 4 heterocycles. The van der Waals surface area contributed by atoms with Crippen molar-refractivity contribution in [3.05, 3.63) is 158 Å². The van der Waals surface area contributed by atoms with E-state index in [-0.39, 0.29) is 6.71 Å². The second-order valence-electron chi connectivity index (χ2n) is 12.5. The minimum Gasteiger partial charge on any atom is -0.310 e. The maximum atomic E-state index is 2.54. The summed E-state index contributed by atoms with van der Waals surface area (Å²) in [6, 6.07) is 57.9. The van der Waals surface area contributed by atoms with Crippen LogP contribution in [0, 0.1) is 0 Å². The Morgan fingerprint density at radius 2 is 1.02 bits per heavy atom. The highest BCUT2D eigenvalue weighted by molar-refractivity contribution is 7.00. The normalized spacial score (nSPS) is 12.7. The number of fused-ring (bicyclic) bond motifs is 11. The zero-order valence-electron chi connectivity index (χ0n) is 24.9. The standard InChI is InChI=1S/C42H26BN3/c1-3-12-27(13-4-1)44(28-14-5-2-6-15-28)29-22-24-37-33(26-29)31-17-11-19-35-41(31)46(37)39-25-23-32-30-16-7-9-20-36(30)45-38-21-10-8-18-34(38)43(35)40(39)42(32)45/h1-26H. The lowest BCUT2D eigenvalue weighted by atomic mass is 9.34. The van der Waals surface area contributed by atoms with E-state index in [0.717, 1.165) is 17.1 Å². The van der Waals surface area contributed by atoms with Gasteiger partial charge in [0, 0.05) is 55.5 Å². The first-order valence-electron chi connectivity index (χ1n) is 16.0. The summed E-state index contributed by atoms with van der Waals surface area (Å²) in [6.45, 7) is 0.164. The van der Waals surface area contributed by atoms with Crippen molar-refractivity contribution in [1.82, 2.24) is 9.13 Å². The van der Waals surface area contributed by atoms with Gasteiger partial charge in [-0.25, -0.2) is 0 Å². The van der Waals surface area contributed by atoms with Gasteiger partial charge in [-0.3, -0.25) is 0 Å². The number of aromatic nitrogens is 2. The zero-order chi connectivity index (χ0) is 29.9. The summed E-state index contributed by atoms with van der Waals surface area (Å²) in [6.07, 6.45) is 0. The van der Waals surface area contributed by atoms with Crippen LogP contribution in [0.1, 0.15) is 0 Å². The molecule has 0 fully saturated rings. The molecule has 9 aromatic rings. The second-order valence-corrected chi connectivity index (χ2v) is 12.5. The third kappa shape index (κ3) is 2.99. The van der Waals surface area contributed by atoms with E-state index in [4.69, 9.17) is 0 Å². The van der Waals surface area contributed by atoms with Gasteiger partial charge in [-0.2, -0.15) is 0 Å². The van der Waals surface area contributed by atoms with Crippen molar-refractivity contribution in [2.75, 3.05) is 4.90 Å². The zero-order valence-corrected chi connectivity index (χ0v) is 24.9. The molecule has 0 unspecified atom stereocenters. The molecule has 0 saturated carbocycles. The lowest BCUT2D eigenvalue weighted by Gasteiger charge is -2.33. The SMILES string of the molecule is c1ccc(N(c2ccccc2)c2ccc3c(c2)c2cccc4c2n3-c2ccc3c5ccccc5n5c3c2B4c2ccccc2-5)cc1. The largest absolute Gasteiger partial charge is 0.310 e. The van der Waals surface area contributed by atoms with Crippen molar-refractivity contribution in [2.24, 2.45) is 0 Å². The van der Waals surface area contributed by atoms with E-state index in [9.17, 15) is 0 Å². The molecule has 0 amide bonds. The molecule has 0 aliphatic carbocycles. The number of nitrogens with zero attached hydrogens (tertiary/aromatic N) is 3. The molecule has 11 rings (SSSR count). The highest BCUT2D eigenvalue weighted by Crippen LogP contribution is 2.42. The quantitative estimate of drug-likeness (QED) is 0.190. The van der Waals surface area contributed by atoms with Crippen molar-refractivity contribution in [1.29, 1.82) is 0 Å². The molecule has 3 nitrogen and oxygen atoms in total. The van der Waals surface area contributed by atoms with Gasteiger partial charge in [0.15, 0.2) is 0 Å². The molecular formula is C42H26BN3. The predicted octanol–water partition coefficient (Wildman–Crippen LogP) is 8.49. The van der Waals surface area contributed by atoms with Crippen LogP contribution in [0.4, 0.5) is 17.1 Å². The minimum atomic E-state index is 0.164. The summed E-state index contributed by atoms with van der Waals surface area (Å²) in [4.78, 5) is 2.36. The number of rotatable bonds is 3. The van der Waals surface area contributed by atoms with Crippen LogP contribution in [0.25, 0.3) is 55.0 Å². The molecular weight excluding hydrogens is 557 g/mol. The Hall–Kier alpha value is -6.00. The third-order valence-electron chi connectivity index (χ3n) is 10.3. The van der Waals surface area contributed by atoms with Crippen LogP contribution in [-0.4, -0.2) is 15.8 Å². The summed E-state index contributed by atoms with van der Waals surface area (Å²) in [5.41, 5.74) is 15.3. The maximum Gasteiger partial charge on any atom is 0.252 e. The Kier molecular flexibility index (Phi) is 4.66. The van der Waals surface area contributed by atoms with E-state index >= 15 is 0 Å². The molecule has 7 aromatic carbocycles. The Labute approximate surface area is 266 Å². The van der Waals surface area contributed by atoms with Crippen LogP contribution >= 0.6 is 0 Å². The monoisotopic (exact) mass is 583 g/mol. The number of para-hydroxylation sites is 5. The van der Waals surface area contributed by atoms with Gasteiger partial charge in [-0.1, -0.05) is 97.1 Å². The van der Waals surface area contributed by atoms with E-state index in [0.29, 0.717) is 0 Å². The molecule has 2 aliphatic heterocycles. The first kappa shape index (κ1) is 24.3. The molecule has 46 heavy (non-hydrogen) atoms. The van der Waals surface area contributed by atoms with Crippen LogP contribution < -0.4 is 21.3 Å². The van der Waals surface area contributed by atoms with Crippen LogP contribution in [0.3, 0.4) is 0 Å². The van der Waals surface area contributed by atoms with Crippen molar-refractivity contribution in [3.63, 3.8) is 0 Å². The predicted molar refractivity (Wildman–Crippen MR) is 194 cm³/mol. The first-order valence-corrected chi connectivity index (χ1v) is 16.0. The Bertz CT molecular complexity index is 2660. The minimum absolute atomic E-state index is 0.164. The fraction of sp³-hybridized carbons (Fsp3) is 0. The summed E-state index contributed by atoms with van der Waals surface area (Å²) >= 11 is 0. The Morgan fingerprint density at radius 1 is 0.391 bits per heavy atom. The van der Waals surface area contributed by atoms with Gasteiger partial charge >= 0.3 is 0 Å². The van der Waals surface area contributed by atoms with Gasteiger partial charge in [0.05, 0.1) is 16.6 Å². The topological polar surface area (TPSA) is 13.1 Å². The molecule has 212 valence electrons. The van der Waals surface area contributed by atoms with E-state index < -0.39 is 0 Å². The average molecular weight is 584 g/mol. The molecule has 0 spiro atoms. The van der Waals surface area contributed by atoms with Crippen molar-refractivity contribution < 1.29 is 0 Å². The van der Waals surface area contributed by atoms with Crippen LogP contribution in [0.2, 0.25) is 0 Å². The van der Waals surface area contributed by atoms with Crippen LogP contribution in [0.5, 0.6) is 0 Å². The van der Waals surface area contributed by atoms with E-state index in [1.54, 1.807) is 0 Å². The molecule has 2 aliphatic rings. The Balaban J connectivity index is 1.25. The van der Waals surface area contributed by atoms with Crippen LogP contribution in [-0.2, 0) is 0 Å². The number of anilines is 3. The van der Waals surface area contributed by atoms with E-state index in [1.807, 2.05) is 0 Å². The maximum absolute atomic E-state index is 2.54. The summed E-state index contributed by atoms with van der Waals surface area (Å²) in [5.74, 6) is 0. The summed E-state index contributed by atoms with van der Waals surface area (Å²) in [7, 11) is 0. The van der Waals surface area contributed by atoms with Gasteiger partial charge in [0.25, 0.3) is 6.71 Å². The fourth-order valence-corrected chi connectivity index (χ4v) is 8.52. The van der Waals surface area contributed by atoms with Crippen molar-refractivity contribution in [3.8, 4) is 11.4 Å². The lowest BCUT2D eigenvalue weighted by molar-refractivity contribution is 1.16. The highest BCUT2D eigenvalue weighted by atomic mass is 15.1.